The van der Waals surface area contributed by atoms with Gasteiger partial charge in [0, 0.05) is 0 Å². The predicted octanol–water partition coefficient (Wildman–Crippen LogP) is 1.50. The normalized spacial score (nSPS) is 21.1. The van der Waals surface area contributed by atoms with Gasteiger partial charge in [-0.15, -0.1) is 0 Å². The Morgan fingerprint density at radius 1 is 1.17 bits per heavy atom. The number of aryl methyl sites for hydroxylation is 1. The molecule has 0 unspecified atom stereocenters. The van der Waals surface area contributed by atoms with E-state index in [1.807, 2.05) is 46.8 Å². The molecular formula is C13H18BNO3. The first-order chi connectivity index (χ1) is 8.27. The highest BCUT2D eigenvalue weighted by atomic mass is 16.7. The van der Waals surface area contributed by atoms with Gasteiger partial charge in [-0.3, -0.25) is 9.78 Å². The van der Waals surface area contributed by atoms with Crippen molar-refractivity contribution in [2.24, 2.45) is 0 Å². The van der Waals surface area contributed by atoms with Crippen molar-refractivity contribution in [1.82, 2.24) is 4.98 Å². The Hall–Kier alpha value is -1.20. The summed E-state index contributed by atoms with van der Waals surface area (Å²) in [5.41, 5.74) is 1.13. The molecular weight excluding hydrogens is 229 g/mol. The Kier molecular flexibility index (Phi) is 3.07. The predicted molar refractivity (Wildman–Crippen MR) is 70.1 cm³/mol. The van der Waals surface area contributed by atoms with Gasteiger partial charge in [0.05, 0.1) is 16.8 Å². The van der Waals surface area contributed by atoms with Gasteiger partial charge in [0.2, 0.25) is 0 Å². The molecule has 96 valence electrons. The van der Waals surface area contributed by atoms with Crippen LogP contribution in [0, 0.1) is 6.92 Å². The number of rotatable bonds is 2. The summed E-state index contributed by atoms with van der Waals surface area (Å²) in [5.74, 6) is 0. The Labute approximate surface area is 108 Å². The zero-order chi connectivity index (χ0) is 13.6. The average molecular weight is 247 g/mol. The van der Waals surface area contributed by atoms with E-state index < -0.39 is 18.3 Å². The van der Waals surface area contributed by atoms with Gasteiger partial charge in [0.15, 0.2) is 6.29 Å². The minimum atomic E-state index is -0.519. The maximum Gasteiger partial charge on any atom is 0.514 e. The van der Waals surface area contributed by atoms with E-state index in [2.05, 4.69) is 4.98 Å². The van der Waals surface area contributed by atoms with Crippen LogP contribution in [0.5, 0.6) is 0 Å². The standard InChI is InChI=1S/C13H18BNO3/c1-9-6-7-11(15-10(9)8-16)14-17-12(2,3)13(4,5)18-14/h6-8H,1-5H3. The third-order valence-electron chi connectivity index (χ3n) is 3.76. The number of nitrogens with zero attached hydrogens (tertiary/aromatic N) is 1. The molecule has 0 aliphatic carbocycles. The molecule has 0 bridgehead atoms. The van der Waals surface area contributed by atoms with Crippen LogP contribution in [0.1, 0.15) is 43.7 Å². The second kappa shape index (κ2) is 4.18. The maximum absolute atomic E-state index is 10.9. The van der Waals surface area contributed by atoms with Gasteiger partial charge in [-0.1, -0.05) is 6.07 Å². The SMILES string of the molecule is Cc1ccc(B2OC(C)(C)C(C)(C)O2)nc1C=O. The van der Waals surface area contributed by atoms with Crippen molar-refractivity contribution >= 4 is 19.0 Å². The topological polar surface area (TPSA) is 48.4 Å². The van der Waals surface area contributed by atoms with Crippen molar-refractivity contribution in [1.29, 1.82) is 0 Å². The number of aldehydes is 1. The highest BCUT2D eigenvalue weighted by molar-refractivity contribution is 6.61. The molecule has 0 N–H and O–H groups in total. The van der Waals surface area contributed by atoms with Gasteiger partial charge < -0.3 is 9.31 Å². The molecule has 2 heterocycles. The molecule has 0 radical (unpaired) electrons. The lowest BCUT2D eigenvalue weighted by Crippen LogP contribution is -2.41. The van der Waals surface area contributed by atoms with E-state index in [-0.39, 0.29) is 0 Å². The first-order valence-electron chi connectivity index (χ1n) is 6.05. The van der Waals surface area contributed by atoms with Crippen molar-refractivity contribution in [3.8, 4) is 0 Å². The minimum Gasteiger partial charge on any atom is -0.398 e. The highest BCUT2D eigenvalue weighted by Crippen LogP contribution is 2.36. The van der Waals surface area contributed by atoms with Crippen LogP contribution < -0.4 is 5.59 Å². The summed E-state index contributed by atoms with van der Waals surface area (Å²) in [7, 11) is -0.519. The van der Waals surface area contributed by atoms with Crippen molar-refractivity contribution < 1.29 is 14.1 Å². The van der Waals surface area contributed by atoms with E-state index in [1.165, 1.54) is 0 Å². The Morgan fingerprint density at radius 2 is 1.72 bits per heavy atom. The number of carbonyl (C=O) groups is 1. The molecule has 1 fully saturated rings. The number of carbonyl (C=O) groups excluding carboxylic acids is 1. The van der Waals surface area contributed by atoms with Gasteiger partial charge in [-0.05, 0) is 46.2 Å². The molecule has 2 rings (SSSR count). The van der Waals surface area contributed by atoms with Gasteiger partial charge in [-0.2, -0.15) is 0 Å². The lowest BCUT2D eigenvalue weighted by molar-refractivity contribution is 0.00578. The number of hydrogen-bond acceptors (Lipinski definition) is 4. The van der Waals surface area contributed by atoms with E-state index in [0.29, 0.717) is 11.3 Å². The van der Waals surface area contributed by atoms with Crippen LogP contribution in [0.2, 0.25) is 0 Å². The molecule has 1 aliphatic heterocycles. The van der Waals surface area contributed by atoms with Crippen LogP contribution in [-0.4, -0.2) is 29.6 Å². The Bertz CT molecular complexity index is 469. The summed E-state index contributed by atoms with van der Waals surface area (Å²) < 4.78 is 11.8. The fraction of sp³-hybridized carbons (Fsp3) is 0.538. The molecule has 0 saturated carbocycles. The average Bonchev–Trinajstić information content (AvgIpc) is 2.49. The van der Waals surface area contributed by atoms with Crippen LogP contribution in [0.4, 0.5) is 0 Å². The van der Waals surface area contributed by atoms with Crippen LogP contribution in [-0.2, 0) is 9.31 Å². The molecule has 0 amide bonds. The fourth-order valence-corrected chi connectivity index (χ4v) is 1.77. The monoisotopic (exact) mass is 247 g/mol. The van der Waals surface area contributed by atoms with Crippen LogP contribution >= 0.6 is 0 Å². The largest absolute Gasteiger partial charge is 0.514 e. The molecule has 1 aromatic rings. The summed E-state index contributed by atoms with van der Waals surface area (Å²) in [4.78, 5) is 15.2. The van der Waals surface area contributed by atoms with Gasteiger partial charge in [0.25, 0.3) is 0 Å². The molecule has 1 aromatic heterocycles. The van der Waals surface area contributed by atoms with Gasteiger partial charge >= 0.3 is 7.12 Å². The first kappa shape index (κ1) is 13.2. The second-order valence-electron chi connectivity index (χ2n) is 5.64. The lowest BCUT2D eigenvalue weighted by Gasteiger charge is -2.32. The van der Waals surface area contributed by atoms with E-state index in [4.69, 9.17) is 9.31 Å². The zero-order valence-corrected chi connectivity index (χ0v) is 11.5. The first-order valence-corrected chi connectivity index (χ1v) is 6.05. The summed E-state index contributed by atoms with van der Waals surface area (Å²) in [6.07, 6.45) is 0.754. The second-order valence-corrected chi connectivity index (χ2v) is 5.64. The molecule has 5 heteroatoms. The number of pyridine rings is 1. The smallest absolute Gasteiger partial charge is 0.398 e. The molecule has 0 aromatic carbocycles. The van der Waals surface area contributed by atoms with Gasteiger partial charge in [-0.25, -0.2) is 0 Å². The molecule has 1 saturated heterocycles. The minimum absolute atomic E-state index is 0.397. The molecule has 4 nitrogen and oxygen atoms in total. The number of aromatic nitrogens is 1. The van der Waals surface area contributed by atoms with Crippen LogP contribution in [0.25, 0.3) is 0 Å². The Morgan fingerprint density at radius 3 is 2.22 bits per heavy atom. The molecule has 1 aliphatic rings. The third kappa shape index (κ3) is 2.08. The quantitative estimate of drug-likeness (QED) is 0.587. The van der Waals surface area contributed by atoms with Crippen molar-refractivity contribution in [3.05, 3.63) is 23.4 Å². The number of hydrogen-bond donors (Lipinski definition) is 0. The Balaban J connectivity index is 2.32. The summed E-state index contributed by atoms with van der Waals surface area (Å²) in [6.45, 7) is 9.80. The summed E-state index contributed by atoms with van der Waals surface area (Å²) in [6, 6.07) is 3.70. The zero-order valence-electron chi connectivity index (χ0n) is 11.5. The van der Waals surface area contributed by atoms with Crippen LogP contribution in [0.3, 0.4) is 0 Å². The maximum atomic E-state index is 10.9. The van der Waals surface area contributed by atoms with E-state index in [1.54, 1.807) is 0 Å². The van der Waals surface area contributed by atoms with Crippen molar-refractivity contribution in [3.63, 3.8) is 0 Å². The van der Waals surface area contributed by atoms with Gasteiger partial charge in [0.1, 0.15) is 5.69 Å². The lowest BCUT2D eigenvalue weighted by atomic mass is 9.84. The molecule has 0 spiro atoms. The van der Waals surface area contributed by atoms with E-state index in [0.717, 1.165) is 11.8 Å². The van der Waals surface area contributed by atoms with Crippen molar-refractivity contribution in [2.45, 2.75) is 45.8 Å². The highest BCUT2D eigenvalue weighted by Gasteiger charge is 2.52. The summed E-state index contributed by atoms with van der Waals surface area (Å²) >= 11 is 0. The van der Waals surface area contributed by atoms with Crippen LogP contribution in [0.15, 0.2) is 12.1 Å². The fourth-order valence-electron chi connectivity index (χ4n) is 1.77. The third-order valence-corrected chi connectivity index (χ3v) is 3.76. The van der Waals surface area contributed by atoms with E-state index in [9.17, 15) is 4.79 Å². The summed E-state index contributed by atoms with van der Waals surface area (Å²) in [5, 5.41) is 0. The molecule has 18 heavy (non-hydrogen) atoms. The van der Waals surface area contributed by atoms with Crippen molar-refractivity contribution in [2.75, 3.05) is 0 Å². The van der Waals surface area contributed by atoms with E-state index >= 15 is 0 Å². The molecule has 0 atom stereocenters.